The molecule has 0 aromatic heterocycles. The fourth-order valence-corrected chi connectivity index (χ4v) is 4.38. The molecule has 0 saturated heterocycles. The van der Waals surface area contributed by atoms with Gasteiger partial charge in [-0.05, 0) is 19.3 Å². The third-order valence-corrected chi connectivity index (χ3v) is 6.52. The predicted molar refractivity (Wildman–Crippen MR) is 131 cm³/mol. The van der Waals surface area contributed by atoms with E-state index in [1.807, 2.05) is 6.92 Å². The van der Waals surface area contributed by atoms with Crippen molar-refractivity contribution in [3.8, 4) is 0 Å². The lowest BCUT2D eigenvalue weighted by Gasteiger charge is -2.17. The first-order chi connectivity index (χ1) is 14.9. The number of rotatable bonds is 21. The number of carbonyl (C=O) groups is 2. The van der Waals surface area contributed by atoms with Crippen LogP contribution in [0.3, 0.4) is 0 Å². The number of carboxylic acid groups (broad SMARTS) is 1. The lowest BCUT2D eigenvalue weighted by atomic mass is 10.0. The number of aliphatic hydroxyl groups is 1. The average molecular weight is 459 g/mol. The molecule has 1 amide bonds. The highest BCUT2D eigenvalue weighted by atomic mass is 32.2. The second-order valence-electron chi connectivity index (χ2n) is 8.26. The highest BCUT2D eigenvalue weighted by molar-refractivity contribution is 8.03. The summed E-state index contributed by atoms with van der Waals surface area (Å²) in [5.74, 6) is -1.26. The quantitative estimate of drug-likeness (QED) is 0.180. The van der Waals surface area contributed by atoms with Crippen molar-refractivity contribution < 1.29 is 19.8 Å². The third-order valence-electron chi connectivity index (χ3n) is 5.22. The molecule has 182 valence electrons. The Hall–Kier alpha value is -1.05. The molecule has 31 heavy (non-hydrogen) atoms. The lowest BCUT2D eigenvalue weighted by molar-refractivity contribution is -0.138. The molecule has 0 aliphatic heterocycles. The minimum atomic E-state index is -1.10. The predicted octanol–water partition coefficient (Wildman–Crippen LogP) is 4.99. The molecule has 0 aromatic carbocycles. The van der Waals surface area contributed by atoms with Gasteiger partial charge in [-0.2, -0.15) is 0 Å². The van der Waals surface area contributed by atoms with E-state index in [0.29, 0.717) is 12.2 Å². The summed E-state index contributed by atoms with van der Waals surface area (Å²) in [5.41, 5.74) is 5.86. The van der Waals surface area contributed by atoms with Crippen LogP contribution < -0.4 is 11.1 Å². The number of aliphatic hydroxyl groups excluding tert-OH is 1. The molecule has 0 aliphatic carbocycles. The molecular weight excluding hydrogens is 412 g/mol. The Labute approximate surface area is 193 Å². The highest BCUT2D eigenvalue weighted by Gasteiger charge is 2.17. The third kappa shape index (κ3) is 18.2. The van der Waals surface area contributed by atoms with Crippen molar-refractivity contribution in [2.24, 2.45) is 5.73 Å². The van der Waals surface area contributed by atoms with Crippen molar-refractivity contribution in [2.75, 3.05) is 12.3 Å². The van der Waals surface area contributed by atoms with E-state index >= 15 is 0 Å². The molecule has 0 unspecified atom stereocenters. The van der Waals surface area contributed by atoms with Gasteiger partial charge in [-0.15, -0.1) is 11.8 Å². The van der Waals surface area contributed by atoms with E-state index in [2.05, 4.69) is 18.3 Å². The van der Waals surface area contributed by atoms with Crippen molar-refractivity contribution >= 4 is 23.6 Å². The molecule has 0 heterocycles. The van der Waals surface area contributed by atoms with Crippen LogP contribution in [0.2, 0.25) is 0 Å². The van der Waals surface area contributed by atoms with E-state index in [1.165, 1.54) is 76.0 Å². The van der Waals surface area contributed by atoms with Gasteiger partial charge in [0, 0.05) is 10.7 Å². The molecule has 0 radical (unpaired) electrons. The molecular formula is C24H46N2O4S. The summed E-state index contributed by atoms with van der Waals surface area (Å²) < 4.78 is 0. The van der Waals surface area contributed by atoms with Crippen LogP contribution in [0.1, 0.15) is 104 Å². The number of aliphatic carboxylic acids is 1. The Morgan fingerprint density at radius 2 is 1.48 bits per heavy atom. The van der Waals surface area contributed by atoms with Crippen LogP contribution in [-0.4, -0.2) is 46.5 Å². The number of hydrogen-bond acceptors (Lipinski definition) is 5. The van der Waals surface area contributed by atoms with Gasteiger partial charge in [-0.1, -0.05) is 90.6 Å². The lowest BCUT2D eigenvalue weighted by Crippen LogP contribution is -2.44. The number of carbonyl (C=O) groups excluding carboxylic acids is 1. The zero-order valence-electron chi connectivity index (χ0n) is 19.7. The van der Waals surface area contributed by atoms with E-state index in [-0.39, 0.29) is 0 Å². The Kier molecular flexibility index (Phi) is 20.1. The normalized spacial score (nSPS) is 13.7. The van der Waals surface area contributed by atoms with Gasteiger partial charge in [0.1, 0.15) is 6.54 Å². The van der Waals surface area contributed by atoms with Crippen molar-refractivity contribution in [1.29, 1.82) is 0 Å². The van der Waals surface area contributed by atoms with Gasteiger partial charge in [0.25, 0.3) is 0 Å². The summed E-state index contributed by atoms with van der Waals surface area (Å²) in [5, 5.41) is 21.3. The fraction of sp³-hybridized carbons (Fsp3) is 0.833. The smallest absolute Gasteiger partial charge is 0.322 e. The van der Waals surface area contributed by atoms with E-state index in [1.54, 1.807) is 0 Å². The summed E-state index contributed by atoms with van der Waals surface area (Å²) in [7, 11) is 0. The van der Waals surface area contributed by atoms with Crippen molar-refractivity contribution in [3.05, 3.63) is 11.0 Å². The van der Waals surface area contributed by atoms with Crippen LogP contribution in [0.15, 0.2) is 11.0 Å². The second-order valence-corrected chi connectivity index (χ2v) is 9.36. The maximum Gasteiger partial charge on any atom is 0.322 e. The molecule has 2 atom stereocenters. The molecule has 0 bridgehead atoms. The number of nitrogens with one attached hydrogen (secondary N) is 1. The Morgan fingerprint density at radius 3 is 2.00 bits per heavy atom. The number of amides is 1. The van der Waals surface area contributed by atoms with Gasteiger partial charge in [-0.3, -0.25) is 9.59 Å². The topological polar surface area (TPSA) is 113 Å². The first-order valence-electron chi connectivity index (χ1n) is 12.2. The molecule has 7 heteroatoms. The zero-order valence-corrected chi connectivity index (χ0v) is 20.6. The molecule has 0 spiro atoms. The number of allylic oxidation sites excluding steroid dienone is 1. The van der Waals surface area contributed by atoms with E-state index in [4.69, 9.17) is 10.8 Å². The average Bonchev–Trinajstić information content (AvgIpc) is 2.74. The summed E-state index contributed by atoms with van der Waals surface area (Å²) >= 11 is 1.40. The van der Waals surface area contributed by atoms with E-state index in [9.17, 15) is 14.7 Å². The summed E-state index contributed by atoms with van der Waals surface area (Å²) in [4.78, 5) is 23.2. The van der Waals surface area contributed by atoms with Crippen molar-refractivity contribution in [3.63, 3.8) is 0 Å². The maximum absolute atomic E-state index is 11.8. The number of hydrogen-bond donors (Lipinski definition) is 4. The van der Waals surface area contributed by atoms with Crippen LogP contribution in [-0.2, 0) is 9.59 Å². The number of unbranched alkanes of at least 4 members (excludes halogenated alkanes) is 11. The molecule has 0 rings (SSSR count). The number of thioether (sulfide) groups is 1. The van der Waals surface area contributed by atoms with E-state index < -0.39 is 30.6 Å². The minimum Gasteiger partial charge on any atom is -0.480 e. The molecule has 0 fully saturated rings. The SMILES string of the molecule is CCCCCCCCCCCCCC=C(SC[C@H](N)C(=O)NCC(=O)O)[C@@H](O)CCC. The Balaban J connectivity index is 4.13. The minimum absolute atomic E-state index is 0.316. The monoisotopic (exact) mass is 458 g/mol. The van der Waals surface area contributed by atoms with Crippen molar-refractivity contribution in [2.45, 2.75) is 116 Å². The van der Waals surface area contributed by atoms with Gasteiger partial charge >= 0.3 is 5.97 Å². The Bertz CT molecular complexity index is 500. The van der Waals surface area contributed by atoms with Gasteiger partial charge in [0.05, 0.1) is 12.1 Å². The number of carboxylic acids is 1. The van der Waals surface area contributed by atoms with Crippen LogP contribution >= 0.6 is 11.8 Å². The van der Waals surface area contributed by atoms with Crippen LogP contribution in [0.5, 0.6) is 0 Å². The van der Waals surface area contributed by atoms with Crippen LogP contribution in [0.4, 0.5) is 0 Å². The Morgan fingerprint density at radius 1 is 0.935 bits per heavy atom. The molecule has 0 aromatic rings. The number of nitrogens with two attached hydrogens (primary N) is 1. The standard InChI is InChI=1S/C24H46N2O4S/c1-3-5-6-7-8-9-10-11-12-13-14-15-17-22(21(27)16-4-2)31-19-20(25)24(30)26-18-23(28)29/h17,20-21,27H,3-16,18-19,25H2,1-2H3,(H,26,30)(H,28,29)/t20-,21-/m0/s1. The van der Waals surface area contributed by atoms with Crippen molar-refractivity contribution in [1.82, 2.24) is 5.32 Å². The first-order valence-corrected chi connectivity index (χ1v) is 13.2. The largest absolute Gasteiger partial charge is 0.480 e. The molecule has 5 N–H and O–H groups in total. The van der Waals surface area contributed by atoms with Crippen LogP contribution in [0.25, 0.3) is 0 Å². The molecule has 0 saturated carbocycles. The maximum atomic E-state index is 11.8. The summed E-state index contributed by atoms with van der Waals surface area (Å²) in [6.07, 6.45) is 18.4. The van der Waals surface area contributed by atoms with Gasteiger partial charge in [-0.25, -0.2) is 0 Å². The second kappa shape index (κ2) is 20.8. The van der Waals surface area contributed by atoms with Gasteiger partial charge in [0.2, 0.25) is 5.91 Å². The van der Waals surface area contributed by atoms with Gasteiger partial charge < -0.3 is 21.3 Å². The first kappa shape index (κ1) is 29.9. The highest BCUT2D eigenvalue weighted by Crippen LogP contribution is 2.24. The fourth-order valence-electron chi connectivity index (χ4n) is 3.32. The van der Waals surface area contributed by atoms with E-state index in [0.717, 1.165) is 24.2 Å². The van der Waals surface area contributed by atoms with Crippen LogP contribution in [0, 0.1) is 0 Å². The summed E-state index contributed by atoms with van der Waals surface area (Å²) in [6.45, 7) is 3.84. The van der Waals surface area contributed by atoms with Gasteiger partial charge in [0.15, 0.2) is 0 Å². The summed E-state index contributed by atoms with van der Waals surface area (Å²) in [6, 6.07) is -0.802. The molecule has 0 aliphatic rings. The molecule has 6 nitrogen and oxygen atoms in total. The zero-order chi connectivity index (χ0) is 23.3.